The molecule has 0 radical (unpaired) electrons. The van der Waals surface area contributed by atoms with Crippen LogP contribution in [0.1, 0.15) is 45.1 Å². The Morgan fingerprint density at radius 3 is 1.97 bits per heavy atom. The van der Waals surface area contributed by atoms with E-state index in [4.69, 9.17) is 5.10 Å². The quantitative estimate of drug-likeness (QED) is 0.600. The van der Waals surface area contributed by atoms with Gasteiger partial charge in [-0.15, -0.1) is 0 Å². The van der Waals surface area contributed by atoms with Crippen LogP contribution in [0.3, 0.4) is 0 Å². The molecule has 0 bridgehead atoms. The zero-order valence-corrected chi connectivity index (χ0v) is 18.6. The highest BCUT2D eigenvalue weighted by Gasteiger charge is 2.33. The highest BCUT2D eigenvalue weighted by atomic mass is 32.2. The Labute approximate surface area is 183 Å². The molecular weight excluding hydrogens is 408 g/mol. The molecule has 3 aromatic rings. The van der Waals surface area contributed by atoms with E-state index in [0.717, 1.165) is 34.2 Å². The summed E-state index contributed by atoms with van der Waals surface area (Å²) >= 11 is 0. The van der Waals surface area contributed by atoms with Gasteiger partial charge in [-0.1, -0.05) is 59.7 Å². The maximum absolute atomic E-state index is 13.4. The van der Waals surface area contributed by atoms with Gasteiger partial charge >= 0.3 is 0 Å². The molecule has 1 unspecified atom stereocenters. The van der Waals surface area contributed by atoms with E-state index >= 15 is 0 Å². The summed E-state index contributed by atoms with van der Waals surface area (Å²) in [4.78, 5) is 13.5. The molecule has 1 amide bonds. The minimum atomic E-state index is -3.32. The van der Waals surface area contributed by atoms with E-state index in [1.807, 2.05) is 62.4 Å². The largest absolute Gasteiger partial charge is 0.274 e. The van der Waals surface area contributed by atoms with E-state index in [-0.39, 0.29) is 16.8 Å². The molecule has 158 valence electrons. The van der Waals surface area contributed by atoms with Crippen molar-refractivity contribution < 1.29 is 13.2 Å². The molecule has 1 atom stereocenters. The number of hydrogen-bond donors (Lipinski definition) is 0. The summed E-state index contributed by atoms with van der Waals surface area (Å²) in [5.41, 5.74) is 5.57. The van der Waals surface area contributed by atoms with Crippen molar-refractivity contribution in [3.8, 4) is 0 Å². The Balaban J connectivity index is 1.71. The molecule has 0 N–H and O–H groups in total. The summed E-state index contributed by atoms with van der Waals surface area (Å²) in [6.07, 6.45) is 1.76. The number of hydrazone groups is 1. The number of benzene rings is 3. The number of sulfone groups is 1. The third kappa shape index (κ3) is 4.44. The average Bonchev–Trinajstić information content (AvgIpc) is 3.19. The van der Waals surface area contributed by atoms with E-state index < -0.39 is 9.84 Å². The molecule has 0 saturated heterocycles. The van der Waals surface area contributed by atoms with Crippen molar-refractivity contribution in [1.29, 1.82) is 0 Å². The predicted octanol–water partition coefficient (Wildman–Crippen LogP) is 4.70. The highest BCUT2D eigenvalue weighted by molar-refractivity contribution is 7.90. The van der Waals surface area contributed by atoms with Gasteiger partial charge in [0.15, 0.2) is 9.84 Å². The lowest BCUT2D eigenvalue weighted by molar-refractivity contribution is 0.0711. The minimum absolute atomic E-state index is 0.185. The first-order valence-electron chi connectivity index (χ1n) is 10.1. The zero-order chi connectivity index (χ0) is 22.2. The molecule has 1 heterocycles. The van der Waals surface area contributed by atoms with Crippen LogP contribution in [0.5, 0.6) is 0 Å². The van der Waals surface area contributed by atoms with Crippen molar-refractivity contribution in [2.24, 2.45) is 5.10 Å². The first-order chi connectivity index (χ1) is 14.7. The normalized spacial score (nSPS) is 16.3. The number of carbonyl (C=O) groups excluding carboxylic acids is 1. The van der Waals surface area contributed by atoms with Crippen molar-refractivity contribution in [3.05, 3.63) is 101 Å². The molecule has 1 aliphatic rings. The first kappa shape index (κ1) is 21.0. The van der Waals surface area contributed by atoms with Gasteiger partial charge in [0, 0.05) is 18.2 Å². The van der Waals surface area contributed by atoms with Gasteiger partial charge in [-0.2, -0.15) is 5.10 Å². The third-order valence-corrected chi connectivity index (χ3v) is 6.62. The lowest BCUT2D eigenvalue weighted by Crippen LogP contribution is -2.27. The number of nitrogens with zero attached hydrogens (tertiary/aromatic N) is 2. The minimum Gasteiger partial charge on any atom is -0.267 e. The Hall–Kier alpha value is -3.25. The fourth-order valence-electron chi connectivity index (χ4n) is 3.64. The van der Waals surface area contributed by atoms with Crippen LogP contribution in [0, 0.1) is 13.8 Å². The predicted molar refractivity (Wildman–Crippen MR) is 122 cm³/mol. The summed E-state index contributed by atoms with van der Waals surface area (Å²) in [5.74, 6) is -0.257. The van der Waals surface area contributed by atoms with Crippen LogP contribution < -0.4 is 0 Å². The summed E-state index contributed by atoms with van der Waals surface area (Å²) in [7, 11) is -3.32. The van der Waals surface area contributed by atoms with Gasteiger partial charge in [0.05, 0.1) is 16.6 Å². The van der Waals surface area contributed by atoms with Gasteiger partial charge in [0.25, 0.3) is 5.91 Å². The molecule has 0 spiro atoms. The SMILES string of the molecule is Cc1ccc(C2=NN(C(=O)c3ccc(S(C)(=O)=O)cc3)C(c3ccc(C)cc3)C2)cc1. The smallest absolute Gasteiger partial charge is 0.267 e. The van der Waals surface area contributed by atoms with Gasteiger partial charge in [-0.25, -0.2) is 13.4 Å². The molecule has 0 aromatic heterocycles. The van der Waals surface area contributed by atoms with Crippen LogP contribution in [0.15, 0.2) is 82.8 Å². The zero-order valence-electron chi connectivity index (χ0n) is 17.7. The maximum atomic E-state index is 13.4. The summed E-state index contributed by atoms with van der Waals surface area (Å²) in [6.45, 7) is 4.06. The second-order valence-corrected chi connectivity index (χ2v) is 10.0. The Kier molecular flexibility index (Phi) is 5.50. The van der Waals surface area contributed by atoms with E-state index in [9.17, 15) is 13.2 Å². The van der Waals surface area contributed by atoms with Crippen LogP contribution in [-0.2, 0) is 9.84 Å². The fraction of sp³-hybridized carbons (Fsp3) is 0.200. The van der Waals surface area contributed by atoms with Crippen molar-refractivity contribution >= 4 is 21.5 Å². The lowest BCUT2D eigenvalue weighted by Gasteiger charge is -2.22. The van der Waals surface area contributed by atoms with Crippen molar-refractivity contribution in [2.75, 3.05) is 6.26 Å². The molecule has 0 saturated carbocycles. The molecule has 3 aromatic carbocycles. The molecule has 0 fully saturated rings. The monoisotopic (exact) mass is 432 g/mol. The molecular formula is C25H24N2O3S. The summed E-state index contributed by atoms with van der Waals surface area (Å²) in [5, 5.41) is 6.22. The first-order valence-corrected chi connectivity index (χ1v) is 12.0. The fourth-order valence-corrected chi connectivity index (χ4v) is 4.27. The molecule has 31 heavy (non-hydrogen) atoms. The van der Waals surface area contributed by atoms with Crippen LogP contribution in [0.4, 0.5) is 0 Å². The van der Waals surface area contributed by atoms with Crippen LogP contribution in [-0.4, -0.2) is 31.3 Å². The number of amides is 1. The Morgan fingerprint density at radius 1 is 0.871 bits per heavy atom. The van der Waals surface area contributed by atoms with Crippen LogP contribution in [0.25, 0.3) is 0 Å². The van der Waals surface area contributed by atoms with E-state index in [1.54, 1.807) is 12.1 Å². The molecule has 4 rings (SSSR count). The van der Waals surface area contributed by atoms with Gasteiger partial charge in [0.2, 0.25) is 0 Å². The Bertz CT molecular complexity index is 1240. The van der Waals surface area contributed by atoms with Gasteiger partial charge in [0.1, 0.15) is 0 Å². The van der Waals surface area contributed by atoms with Crippen molar-refractivity contribution in [1.82, 2.24) is 5.01 Å². The number of hydrogen-bond acceptors (Lipinski definition) is 4. The Morgan fingerprint density at radius 2 is 1.42 bits per heavy atom. The highest BCUT2D eigenvalue weighted by Crippen LogP contribution is 2.34. The molecule has 0 aliphatic carbocycles. The second-order valence-electron chi connectivity index (χ2n) is 7.99. The number of rotatable bonds is 4. The van der Waals surface area contributed by atoms with E-state index in [2.05, 4.69) is 0 Å². The third-order valence-electron chi connectivity index (χ3n) is 5.49. The second kappa shape index (κ2) is 8.12. The standard InChI is InChI=1S/C25H24N2O3S/c1-17-4-8-19(9-5-17)23-16-24(20-10-6-18(2)7-11-20)27(26-23)25(28)21-12-14-22(15-13-21)31(3,29)30/h4-15,24H,16H2,1-3H3. The number of carbonyl (C=O) groups is 1. The molecule has 1 aliphatic heterocycles. The molecule has 5 nitrogen and oxygen atoms in total. The van der Waals surface area contributed by atoms with E-state index in [1.165, 1.54) is 17.1 Å². The average molecular weight is 433 g/mol. The van der Waals surface area contributed by atoms with E-state index in [0.29, 0.717) is 12.0 Å². The topological polar surface area (TPSA) is 66.8 Å². The maximum Gasteiger partial charge on any atom is 0.274 e. The van der Waals surface area contributed by atoms with Gasteiger partial charge in [-0.3, -0.25) is 4.79 Å². The molecule has 6 heteroatoms. The van der Waals surface area contributed by atoms with Gasteiger partial charge < -0.3 is 0 Å². The van der Waals surface area contributed by atoms with Crippen molar-refractivity contribution in [3.63, 3.8) is 0 Å². The van der Waals surface area contributed by atoms with Crippen LogP contribution >= 0.6 is 0 Å². The number of aryl methyl sites for hydroxylation is 2. The lowest BCUT2D eigenvalue weighted by atomic mass is 9.97. The van der Waals surface area contributed by atoms with Gasteiger partial charge in [-0.05, 0) is 49.2 Å². The summed E-state index contributed by atoms with van der Waals surface area (Å²) < 4.78 is 23.5. The van der Waals surface area contributed by atoms with Crippen LogP contribution in [0.2, 0.25) is 0 Å². The van der Waals surface area contributed by atoms with Crippen molar-refractivity contribution in [2.45, 2.75) is 31.2 Å². The summed E-state index contributed by atoms with van der Waals surface area (Å²) in [6, 6.07) is 22.0.